The van der Waals surface area contributed by atoms with Crippen molar-refractivity contribution in [2.75, 3.05) is 11.9 Å². The molecular formula is C19H24F2N4O3. The predicted molar refractivity (Wildman–Crippen MR) is 102 cm³/mol. The molecule has 2 rings (SSSR count). The minimum atomic E-state index is -2.77. The SMILES string of the molecule is CC(C)CC(C)(N)COc1cnc(-c2ccnc(NC(=O)O)c2)cc1C(F)F. The molecule has 28 heavy (non-hydrogen) atoms. The monoisotopic (exact) mass is 394 g/mol. The molecule has 2 aromatic heterocycles. The maximum Gasteiger partial charge on any atom is 0.410 e. The molecule has 0 fully saturated rings. The van der Waals surface area contributed by atoms with Crippen molar-refractivity contribution in [3.63, 3.8) is 0 Å². The average molecular weight is 394 g/mol. The van der Waals surface area contributed by atoms with E-state index >= 15 is 0 Å². The number of anilines is 1. The average Bonchev–Trinajstić information content (AvgIpc) is 2.58. The van der Waals surface area contributed by atoms with Crippen LogP contribution in [0, 0.1) is 5.92 Å². The number of rotatable bonds is 8. The molecule has 7 nitrogen and oxygen atoms in total. The largest absolute Gasteiger partial charge is 0.490 e. The van der Waals surface area contributed by atoms with Crippen molar-refractivity contribution < 1.29 is 23.4 Å². The van der Waals surface area contributed by atoms with E-state index in [0.29, 0.717) is 17.9 Å². The van der Waals surface area contributed by atoms with E-state index in [4.69, 9.17) is 15.6 Å². The Bertz CT molecular complexity index is 829. The quantitative estimate of drug-likeness (QED) is 0.615. The van der Waals surface area contributed by atoms with Gasteiger partial charge in [-0.1, -0.05) is 13.8 Å². The molecule has 2 aromatic rings. The van der Waals surface area contributed by atoms with Crippen molar-refractivity contribution in [2.45, 2.75) is 39.2 Å². The number of hydrogen-bond donors (Lipinski definition) is 3. The number of ether oxygens (including phenoxy) is 1. The summed E-state index contributed by atoms with van der Waals surface area (Å²) in [6, 6.07) is 4.17. The fourth-order valence-electron chi connectivity index (χ4n) is 2.91. The van der Waals surface area contributed by atoms with Gasteiger partial charge in [0, 0.05) is 17.3 Å². The smallest absolute Gasteiger partial charge is 0.410 e. The summed E-state index contributed by atoms with van der Waals surface area (Å²) in [7, 11) is 0. The predicted octanol–water partition coefficient (Wildman–Crippen LogP) is 4.31. The van der Waals surface area contributed by atoms with Crippen LogP contribution in [0.1, 0.15) is 39.2 Å². The van der Waals surface area contributed by atoms with Crippen molar-refractivity contribution in [3.05, 3.63) is 36.2 Å². The van der Waals surface area contributed by atoms with Crippen LogP contribution in [0.5, 0.6) is 5.75 Å². The fraction of sp³-hybridized carbons (Fsp3) is 0.421. The molecule has 0 bridgehead atoms. The van der Waals surface area contributed by atoms with Gasteiger partial charge in [-0.15, -0.1) is 0 Å². The van der Waals surface area contributed by atoms with E-state index in [1.54, 1.807) is 6.07 Å². The van der Waals surface area contributed by atoms with Crippen molar-refractivity contribution in [3.8, 4) is 17.0 Å². The van der Waals surface area contributed by atoms with Crippen molar-refractivity contribution in [1.82, 2.24) is 9.97 Å². The molecule has 152 valence electrons. The summed E-state index contributed by atoms with van der Waals surface area (Å²) in [6.45, 7) is 5.93. The molecular weight excluding hydrogens is 370 g/mol. The van der Waals surface area contributed by atoms with Gasteiger partial charge in [-0.25, -0.2) is 18.6 Å². The highest BCUT2D eigenvalue weighted by Gasteiger charge is 2.23. The van der Waals surface area contributed by atoms with E-state index in [0.717, 1.165) is 0 Å². The molecule has 2 heterocycles. The summed E-state index contributed by atoms with van der Waals surface area (Å²) in [6.07, 6.45) is -0.780. The lowest BCUT2D eigenvalue weighted by Crippen LogP contribution is -2.43. The molecule has 9 heteroatoms. The molecule has 0 radical (unpaired) electrons. The summed E-state index contributed by atoms with van der Waals surface area (Å²) in [5.41, 5.74) is 5.89. The summed E-state index contributed by atoms with van der Waals surface area (Å²) in [4.78, 5) is 18.8. The zero-order chi connectivity index (χ0) is 20.9. The van der Waals surface area contributed by atoms with Gasteiger partial charge in [0.15, 0.2) is 0 Å². The number of nitrogens with two attached hydrogens (primary N) is 1. The van der Waals surface area contributed by atoms with Gasteiger partial charge < -0.3 is 15.6 Å². The van der Waals surface area contributed by atoms with Crippen LogP contribution in [0.3, 0.4) is 0 Å². The van der Waals surface area contributed by atoms with Crippen molar-refractivity contribution >= 4 is 11.9 Å². The molecule has 4 N–H and O–H groups in total. The molecule has 1 amide bonds. The third kappa shape index (κ3) is 6.12. The third-order valence-corrected chi connectivity index (χ3v) is 3.86. The summed E-state index contributed by atoms with van der Waals surface area (Å²) >= 11 is 0. The van der Waals surface area contributed by atoms with E-state index in [1.807, 2.05) is 20.8 Å². The van der Waals surface area contributed by atoms with Gasteiger partial charge in [-0.2, -0.15) is 0 Å². The molecule has 1 unspecified atom stereocenters. The molecule has 0 aliphatic heterocycles. The van der Waals surface area contributed by atoms with Crippen LogP contribution >= 0.6 is 0 Å². The van der Waals surface area contributed by atoms with Gasteiger partial charge in [0.2, 0.25) is 0 Å². The van der Waals surface area contributed by atoms with Crippen LogP contribution in [0.2, 0.25) is 0 Å². The van der Waals surface area contributed by atoms with E-state index in [9.17, 15) is 13.6 Å². The number of carboxylic acid groups (broad SMARTS) is 1. The molecule has 1 atom stereocenters. The number of hydrogen-bond acceptors (Lipinski definition) is 5. The molecule has 0 aliphatic carbocycles. The second-order valence-electron chi connectivity index (χ2n) is 7.31. The Hall–Kier alpha value is -2.81. The summed E-state index contributed by atoms with van der Waals surface area (Å²) < 4.78 is 32.7. The number of pyridine rings is 2. The Balaban J connectivity index is 2.27. The second-order valence-corrected chi connectivity index (χ2v) is 7.31. The molecule has 0 saturated heterocycles. The minimum absolute atomic E-state index is 0.0304. The topological polar surface area (TPSA) is 110 Å². The van der Waals surface area contributed by atoms with E-state index in [-0.39, 0.29) is 29.4 Å². The van der Waals surface area contributed by atoms with Gasteiger partial charge in [0.1, 0.15) is 18.2 Å². The highest BCUT2D eigenvalue weighted by Crippen LogP contribution is 2.32. The zero-order valence-corrected chi connectivity index (χ0v) is 15.9. The summed E-state index contributed by atoms with van der Waals surface area (Å²) in [5.74, 6) is 0.379. The first kappa shape index (κ1) is 21.5. The Morgan fingerprint density at radius 2 is 2.07 bits per heavy atom. The van der Waals surface area contributed by atoms with E-state index in [1.165, 1.54) is 24.5 Å². The van der Waals surface area contributed by atoms with Gasteiger partial charge in [-0.05, 0) is 37.5 Å². The Labute approximate surface area is 162 Å². The third-order valence-electron chi connectivity index (χ3n) is 3.86. The van der Waals surface area contributed by atoms with Crippen LogP contribution < -0.4 is 15.8 Å². The number of carbonyl (C=O) groups is 1. The first-order valence-electron chi connectivity index (χ1n) is 8.73. The highest BCUT2D eigenvalue weighted by atomic mass is 19.3. The standard InChI is InChI=1S/C19H24F2N4O3/c1-11(2)8-19(3,22)10-28-15-9-24-14(7-13(15)17(20)21)12-4-5-23-16(6-12)25-18(26)27/h4-7,9,11,17H,8,10,22H2,1-3H3,(H,23,25)(H,26,27). The first-order chi connectivity index (χ1) is 13.1. The number of halogens is 2. The minimum Gasteiger partial charge on any atom is -0.490 e. The van der Waals surface area contributed by atoms with E-state index < -0.39 is 18.1 Å². The normalized spacial score (nSPS) is 13.4. The number of nitrogens with zero attached hydrogens (tertiary/aromatic N) is 2. The molecule has 0 aromatic carbocycles. The lowest BCUT2D eigenvalue weighted by atomic mass is 9.93. The maximum atomic E-state index is 13.6. The fourth-order valence-corrected chi connectivity index (χ4v) is 2.91. The number of amides is 1. The molecule has 0 saturated carbocycles. The lowest BCUT2D eigenvalue weighted by Gasteiger charge is -2.27. The van der Waals surface area contributed by atoms with E-state index in [2.05, 4.69) is 15.3 Å². The van der Waals surface area contributed by atoms with Crippen LogP contribution in [0.4, 0.5) is 19.4 Å². The van der Waals surface area contributed by atoms with Gasteiger partial charge >= 0.3 is 6.09 Å². The van der Waals surface area contributed by atoms with Crippen molar-refractivity contribution in [1.29, 1.82) is 0 Å². The maximum absolute atomic E-state index is 13.6. The number of aromatic nitrogens is 2. The van der Waals surface area contributed by atoms with Crippen LogP contribution in [0.25, 0.3) is 11.3 Å². The second kappa shape index (κ2) is 8.92. The Morgan fingerprint density at radius 1 is 1.36 bits per heavy atom. The van der Waals surface area contributed by atoms with Gasteiger partial charge in [0.25, 0.3) is 6.43 Å². The summed E-state index contributed by atoms with van der Waals surface area (Å²) in [5, 5.41) is 10.9. The number of nitrogens with one attached hydrogen (secondary N) is 1. The van der Waals surface area contributed by atoms with Gasteiger partial charge in [0.05, 0.1) is 17.5 Å². The van der Waals surface area contributed by atoms with Crippen LogP contribution in [0.15, 0.2) is 30.6 Å². The molecule has 0 spiro atoms. The van der Waals surface area contributed by atoms with Crippen LogP contribution in [-0.2, 0) is 0 Å². The highest BCUT2D eigenvalue weighted by molar-refractivity contribution is 5.82. The Morgan fingerprint density at radius 3 is 2.68 bits per heavy atom. The Kier molecular flexibility index (Phi) is 6.85. The first-order valence-corrected chi connectivity index (χ1v) is 8.73. The number of alkyl halides is 2. The molecule has 0 aliphatic rings. The zero-order valence-electron chi connectivity index (χ0n) is 15.9. The van der Waals surface area contributed by atoms with Gasteiger partial charge in [-0.3, -0.25) is 10.3 Å². The van der Waals surface area contributed by atoms with Crippen molar-refractivity contribution in [2.24, 2.45) is 11.7 Å². The lowest BCUT2D eigenvalue weighted by molar-refractivity contribution is 0.139. The van der Waals surface area contributed by atoms with Crippen LogP contribution in [-0.4, -0.2) is 33.3 Å².